The first-order valence-electron chi connectivity index (χ1n) is 11.4. The lowest BCUT2D eigenvalue weighted by atomic mass is 9.84. The fourth-order valence-corrected chi connectivity index (χ4v) is 4.95. The number of likely N-dealkylation sites (N-methyl/N-ethyl adjacent to an activating group) is 1. The first-order chi connectivity index (χ1) is 15.8. The Morgan fingerprint density at radius 1 is 0.941 bits per heavy atom. The maximum atomic E-state index is 11.1. The van der Waals surface area contributed by atoms with Crippen LogP contribution in [-0.2, 0) is 18.9 Å². The fraction of sp³-hybridized carbons (Fsp3) is 1.00. The fourth-order valence-electron chi connectivity index (χ4n) is 4.95. The molecule has 2 aliphatic heterocycles. The first kappa shape index (κ1) is 28.0. The Bertz CT molecular complexity index is 675. The maximum Gasteiger partial charge on any atom is 0.185 e. The van der Waals surface area contributed by atoms with Gasteiger partial charge < -0.3 is 72.1 Å². The van der Waals surface area contributed by atoms with Gasteiger partial charge in [-0.05, 0) is 27.3 Å². The predicted octanol–water partition coefficient (Wildman–Crippen LogP) is -5.61. The van der Waals surface area contributed by atoms with E-state index < -0.39 is 91.2 Å². The van der Waals surface area contributed by atoms with Gasteiger partial charge in [0.1, 0.15) is 48.3 Å². The van der Waals surface area contributed by atoms with Crippen LogP contribution in [0.2, 0.25) is 0 Å². The number of rotatable bonds is 6. The minimum absolute atomic E-state index is 0.135. The van der Waals surface area contributed by atoms with Gasteiger partial charge in [-0.1, -0.05) is 0 Å². The molecule has 0 aromatic rings. The van der Waals surface area contributed by atoms with Gasteiger partial charge in [0.15, 0.2) is 12.6 Å². The van der Waals surface area contributed by atoms with E-state index in [-0.39, 0.29) is 13.0 Å². The van der Waals surface area contributed by atoms with Crippen LogP contribution < -0.4 is 22.5 Å². The molecular weight excluding hydrogens is 456 g/mol. The van der Waals surface area contributed by atoms with Gasteiger partial charge in [0, 0.05) is 12.1 Å². The van der Waals surface area contributed by atoms with Crippen LogP contribution in [0, 0.1) is 0 Å². The molecule has 14 heteroatoms. The molecule has 1 aliphatic carbocycles. The Balaban J connectivity index is 1.73. The van der Waals surface area contributed by atoms with Crippen molar-refractivity contribution in [2.24, 2.45) is 17.2 Å². The summed E-state index contributed by atoms with van der Waals surface area (Å²) in [7, 11) is 1.58. The maximum absolute atomic E-state index is 11.1. The van der Waals surface area contributed by atoms with Crippen molar-refractivity contribution >= 4 is 0 Å². The molecule has 200 valence electrons. The van der Waals surface area contributed by atoms with Crippen molar-refractivity contribution < 1.29 is 49.6 Å². The first-order valence-corrected chi connectivity index (χ1v) is 11.4. The van der Waals surface area contributed by atoms with Crippen molar-refractivity contribution in [2.45, 2.75) is 111 Å². The average molecular weight is 497 g/mol. The summed E-state index contributed by atoms with van der Waals surface area (Å²) in [6.07, 6.45) is -12.4. The van der Waals surface area contributed by atoms with E-state index in [2.05, 4.69) is 5.32 Å². The van der Waals surface area contributed by atoms with Gasteiger partial charge in [-0.15, -0.1) is 0 Å². The SMILES string of the molecule is CN[C@H]1[C@@H](O)[C@@H](O[C@@H]2[C@H](O)[C@H](O[C@@H]3O[C@@H]([C@H](C)O)[C@H](O)[C@H](O)[C@@H]3N)[C@H](N)C[C@@H]2N)OC[C@]1(C)O. The molecule has 3 fully saturated rings. The van der Waals surface area contributed by atoms with Crippen molar-refractivity contribution in [3.05, 3.63) is 0 Å². The summed E-state index contributed by atoms with van der Waals surface area (Å²) in [6, 6.07) is -3.47. The molecule has 0 spiro atoms. The molecule has 0 aromatic carbocycles. The minimum atomic E-state index is -1.46. The van der Waals surface area contributed by atoms with Gasteiger partial charge in [-0.2, -0.15) is 0 Å². The smallest absolute Gasteiger partial charge is 0.185 e. The minimum Gasteiger partial charge on any atom is -0.391 e. The Morgan fingerprint density at radius 2 is 1.50 bits per heavy atom. The zero-order valence-electron chi connectivity index (χ0n) is 19.5. The number of hydrogen-bond acceptors (Lipinski definition) is 14. The van der Waals surface area contributed by atoms with Crippen LogP contribution >= 0.6 is 0 Å². The van der Waals surface area contributed by atoms with Crippen LogP contribution in [0.4, 0.5) is 0 Å². The molecule has 2 saturated heterocycles. The van der Waals surface area contributed by atoms with Crippen molar-refractivity contribution in [1.82, 2.24) is 5.32 Å². The molecule has 1 saturated carbocycles. The molecule has 15 atom stereocenters. The van der Waals surface area contributed by atoms with Crippen LogP contribution in [0.3, 0.4) is 0 Å². The molecule has 0 radical (unpaired) electrons. The largest absolute Gasteiger partial charge is 0.391 e. The number of nitrogens with one attached hydrogen (secondary N) is 1. The number of aliphatic hydroxyl groups is 6. The second-order valence-electron chi connectivity index (χ2n) is 9.82. The number of aliphatic hydroxyl groups excluding tert-OH is 5. The van der Waals surface area contributed by atoms with E-state index in [0.717, 1.165) is 0 Å². The molecule has 0 aromatic heterocycles. The monoisotopic (exact) mass is 496 g/mol. The van der Waals surface area contributed by atoms with E-state index in [1.165, 1.54) is 13.8 Å². The third-order valence-corrected chi connectivity index (χ3v) is 6.95. The second kappa shape index (κ2) is 10.8. The zero-order chi connectivity index (χ0) is 25.5. The van der Waals surface area contributed by atoms with Gasteiger partial charge in [-0.3, -0.25) is 0 Å². The quantitative estimate of drug-likeness (QED) is 0.165. The second-order valence-corrected chi connectivity index (χ2v) is 9.82. The van der Waals surface area contributed by atoms with Crippen LogP contribution in [0.25, 0.3) is 0 Å². The summed E-state index contributed by atoms with van der Waals surface area (Å²) >= 11 is 0. The Morgan fingerprint density at radius 3 is 2.03 bits per heavy atom. The van der Waals surface area contributed by atoms with E-state index in [1.54, 1.807) is 7.05 Å². The third kappa shape index (κ3) is 5.40. The number of ether oxygens (including phenoxy) is 4. The zero-order valence-corrected chi connectivity index (χ0v) is 19.5. The molecule has 14 nitrogen and oxygen atoms in total. The molecule has 3 rings (SSSR count). The molecule has 34 heavy (non-hydrogen) atoms. The summed E-state index contributed by atoms with van der Waals surface area (Å²) in [5.74, 6) is 0. The summed E-state index contributed by atoms with van der Waals surface area (Å²) in [6.45, 7) is 2.75. The van der Waals surface area contributed by atoms with Crippen molar-refractivity contribution in [3.8, 4) is 0 Å². The lowest BCUT2D eigenvalue weighted by molar-refractivity contribution is -0.319. The van der Waals surface area contributed by atoms with Crippen molar-refractivity contribution in [2.75, 3.05) is 13.7 Å². The Kier molecular flexibility index (Phi) is 8.92. The van der Waals surface area contributed by atoms with E-state index in [9.17, 15) is 30.6 Å². The van der Waals surface area contributed by atoms with E-state index in [1.807, 2.05) is 0 Å². The van der Waals surface area contributed by atoms with Gasteiger partial charge in [0.05, 0.1) is 24.8 Å². The molecule has 0 unspecified atom stereocenters. The number of nitrogens with two attached hydrogens (primary N) is 3. The third-order valence-electron chi connectivity index (χ3n) is 6.95. The van der Waals surface area contributed by atoms with E-state index in [4.69, 9.17) is 36.1 Å². The highest BCUT2D eigenvalue weighted by atomic mass is 16.7. The lowest BCUT2D eigenvalue weighted by Crippen LogP contribution is -2.69. The average Bonchev–Trinajstić information content (AvgIpc) is 2.75. The highest BCUT2D eigenvalue weighted by Gasteiger charge is 2.52. The van der Waals surface area contributed by atoms with Gasteiger partial charge >= 0.3 is 0 Å². The summed E-state index contributed by atoms with van der Waals surface area (Å²) in [4.78, 5) is 0. The Labute approximate surface area is 197 Å². The van der Waals surface area contributed by atoms with Gasteiger partial charge in [0.25, 0.3) is 0 Å². The van der Waals surface area contributed by atoms with Crippen LogP contribution in [-0.4, -0.2) is 135 Å². The topological polar surface area (TPSA) is 248 Å². The summed E-state index contributed by atoms with van der Waals surface area (Å²) in [5, 5.41) is 65.2. The predicted molar refractivity (Wildman–Crippen MR) is 116 cm³/mol. The van der Waals surface area contributed by atoms with Crippen LogP contribution in [0.1, 0.15) is 20.3 Å². The lowest BCUT2D eigenvalue weighted by Gasteiger charge is -2.49. The molecule has 0 bridgehead atoms. The molecule has 2 heterocycles. The normalized spacial score (nSPS) is 53.5. The van der Waals surface area contributed by atoms with Crippen molar-refractivity contribution in [3.63, 3.8) is 0 Å². The summed E-state index contributed by atoms with van der Waals surface area (Å²) < 4.78 is 22.8. The Hall–Kier alpha value is -0.560. The van der Waals surface area contributed by atoms with Gasteiger partial charge in [0.2, 0.25) is 0 Å². The molecule has 0 amide bonds. The summed E-state index contributed by atoms with van der Waals surface area (Å²) in [5.41, 5.74) is 17.0. The highest BCUT2D eigenvalue weighted by Crippen LogP contribution is 2.32. The van der Waals surface area contributed by atoms with E-state index in [0.29, 0.717) is 0 Å². The molecular formula is C20H40N4O10. The van der Waals surface area contributed by atoms with Crippen molar-refractivity contribution in [1.29, 1.82) is 0 Å². The van der Waals surface area contributed by atoms with Gasteiger partial charge in [-0.25, -0.2) is 0 Å². The van der Waals surface area contributed by atoms with E-state index >= 15 is 0 Å². The van der Waals surface area contributed by atoms with Crippen LogP contribution in [0.5, 0.6) is 0 Å². The molecule has 3 aliphatic rings. The van der Waals surface area contributed by atoms with Crippen LogP contribution in [0.15, 0.2) is 0 Å². The molecule has 13 N–H and O–H groups in total. The number of hydrogen-bond donors (Lipinski definition) is 10. The standard InChI is InChI=1S/C20H40N4O10/c1-6(25)14-11(27)10(26)9(23)18(32-14)33-15-7(21)4-8(22)16(12(15)28)34-19-13(29)17(24-3)20(2,30)5-31-19/h6-19,24-30H,4-5,21-23H2,1-3H3/t6-,7+,8-,9-,10+,11+,12+,13+,14-,15+,16-,17-,18-,19+,20-/m0/s1. The highest BCUT2D eigenvalue weighted by molar-refractivity contribution is 5.02.